The Morgan fingerprint density at radius 2 is 1.67 bits per heavy atom. The molecule has 0 aromatic heterocycles. The lowest BCUT2D eigenvalue weighted by molar-refractivity contribution is -0.117. The summed E-state index contributed by atoms with van der Waals surface area (Å²) >= 11 is 0. The Kier molecular flexibility index (Phi) is 11.3. The maximum atomic E-state index is 10.8. The average Bonchev–Trinajstić information content (AvgIpc) is 2.49. The molecule has 1 aliphatic carbocycles. The number of rotatable bonds is 9. The summed E-state index contributed by atoms with van der Waals surface area (Å²) in [6.45, 7) is 6.88. The third kappa shape index (κ3) is 16.9. The van der Waals surface area contributed by atoms with Crippen molar-refractivity contribution < 1.29 is 30.7 Å². The molecule has 27 heavy (non-hydrogen) atoms. The number of hydrogen-bond acceptors (Lipinski definition) is 6. The Morgan fingerprint density at radius 1 is 1.11 bits per heavy atom. The molecule has 1 fully saturated rings. The molecule has 0 saturated heterocycles. The lowest BCUT2D eigenvalue weighted by Crippen LogP contribution is -2.47. The molecule has 1 aliphatic rings. The van der Waals surface area contributed by atoms with Crippen molar-refractivity contribution in [1.29, 1.82) is 0 Å². The molecular formula is C16H32N2O7S2. The fourth-order valence-corrected chi connectivity index (χ4v) is 4.24. The van der Waals surface area contributed by atoms with Gasteiger partial charge < -0.3 is 10.6 Å². The first kappa shape index (κ1) is 26.0. The van der Waals surface area contributed by atoms with E-state index in [1.807, 2.05) is 0 Å². The van der Waals surface area contributed by atoms with Crippen LogP contribution in [0.25, 0.3) is 0 Å². The number of amides is 1. The molecule has 0 heterocycles. The number of carbonyl (C=O) groups excluding carboxylic acids is 1. The first-order chi connectivity index (χ1) is 12.2. The minimum atomic E-state index is -4.08. The molecule has 0 bridgehead atoms. The van der Waals surface area contributed by atoms with E-state index in [0.29, 0.717) is 19.0 Å². The lowest BCUT2D eigenvalue weighted by atomic mass is 9.95. The maximum absolute atomic E-state index is 10.8. The molecule has 0 atom stereocenters. The second-order valence-corrected chi connectivity index (χ2v) is 10.3. The zero-order valence-electron chi connectivity index (χ0n) is 16.0. The largest absolute Gasteiger partial charge is 0.347 e. The molecule has 0 aliphatic heterocycles. The number of nitrogens with one attached hydrogen (secondary N) is 2. The highest BCUT2D eigenvalue weighted by molar-refractivity contribution is 7.86. The number of hydrogen-bond donors (Lipinski definition) is 4. The summed E-state index contributed by atoms with van der Waals surface area (Å²) < 4.78 is 58.8. The maximum Gasteiger partial charge on any atom is 0.267 e. The molecule has 0 aromatic rings. The molecule has 0 unspecified atom stereocenters. The van der Waals surface area contributed by atoms with Gasteiger partial charge in [0.2, 0.25) is 5.91 Å². The normalized spacial score (nSPS) is 16.1. The summed E-state index contributed by atoms with van der Waals surface area (Å²) in [5.41, 5.74) is -1.00. The van der Waals surface area contributed by atoms with Crippen LogP contribution in [0, 0.1) is 0 Å². The quantitative estimate of drug-likeness (QED) is 0.243. The van der Waals surface area contributed by atoms with Crippen molar-refractivity contribution in [1.82, 2.24) is 10.6 Å². The van der Waals surface area contributed by atoms with Gasteiger partial charge in [-0.05, 0) is 45.7 Å². The van der Waals surface area contributed by atoms with Crippen molar-refractivity contribution in [3.05, 3.63) is 12.7 Å². The van der Waals surface area contributed by atoms with Crippen molar-refractivity contribution >= 4 is 26.1 Å². The first-order valence-electron chi connectivity index (χ1n) is 8.82. The Balaban J connectivity index is 0.000000503. The second-order valence-electron chi connectivity index (χ2n) is 7.23. The molecule has 0 aromatic carbocycles. The van der Waals surface area contributed by atoms with Crippen LogP contribution in [0.5, 0.6) is 0 Å². The molecule has 1 amide bonds. The van der Waals surface area contributed by atoms with Gasteiger partial charge in [0, 0.05) is 6.04 Å². The average molecular weight is 429 g/mol. The highest BCUT2D eigenvalue weighted by Crippen LogP contribution is 2.17. The van der Waals surface area contributed by atoms with Gasteiger partial charge in [-0.2, -0.15) is 16.8 Å². The van der Waals surface area contributed by atoms with Gasteiger partial charge in [0.1, 0.15) is 0 Å². The van der Waals surface area contributed by atoms with E-state index < -0.39 is 37.4 Å². The molecule has 1 rings (SSSR count). The minimum Gasteiger partial charge on any atom is -0.347 e. The summed E-state index contributed by atoms with van der Waals surface area (Å²) in [5, 5.41) is 5.68. The lowest BCUT2D eigenvalue weighted by Gasteiger charge is -2.23. The fraction of sp³-hybridized carbons (Fsp3) is 0.812. The minimum absolute atomic E-state index is 0.132. The van der Waals surface area contributed by atoms with Crippen LogP contribution in [0.2, 0.25) is 0 Å². The van der Waals surface area contributed by atoms with Crippen LogP contribution < -0.4 is 10.6 Å². The molecule has 1 saturated carbocycles. The highest BCUT2D eigenvalue weighted by Gasteiger charge is 2.25. The fourth-order valence-electron chi connectivity index (χ4n) is 2.74. The van der Waals surface area contributed by atoms with E-state index in [9.17, 15) is 21.6 Å². The van der Waals surface area contributed by atoms with Crippen molar-refractivity contribution in [3.8, 4) is 0 Å². The van der Waals surface area contributed by atoms with Crippen molar-refractivity contribution in [2.24, 2.45) is 0 Å². The topological polar surface area (TPSA) is 150 Å². The van der Waals surface area contributed by atoms with E-state index in [4.69, 9.17) is 9.11 Å². The predicted molar refractivity (Wildman–Crippen MR) is 105 cm³/mol. The summed E-state index contributed by atoms with van der Waals surface area (Å²) in [6.07, 6.45) is 7.80. The van der Waals surface area contributed by atoms with Crippen LogP contribution in [0.15, 0.2) is 12.7 Å². The van der Waals surface area contributed by atoms with E-state index in [1.54, 1.807) is 0 Å². The standard InChI is InChI=1S/C9H19NO3S.C7H13NO4S/c11-14(12,13)8-4-7-10-9-5-2-1-3-6-9;1-4-6(9)8-7(2,3)5-13(10,11)12/h9-10H,1-8H2,(H,11,12,13);4H,1,5H2,2-3H3,(H,8,9)(H,10,11,12). The monoisotopic (exact) mass is 428 g/mol. The molecule has 11 heteroatoms. The molecule has 160 valence electrons. The predicted octanol–water partition coefficient (Wildman–Crippen LogP) is 1.14. The summed E-state index contributed by atoms with van der Waals surface area (Å²) in [7, 11) is -7.85. The summed E-state index contributed by atoms with van der Waals surface area (Å²) in [5.74, 6) is -1.14. The van der Waals surface area contributed by atoms with Crippen LogP contribution in [0.1, 0.15) is 52.4 Å². The van der Waals surface area contributed by atoms with Gasteiger partial charge in [-0.25, -0.2) is 0 Å². The van der Waals surface area contributed by atoms with E-state index in [1.165, 1.54) is 46.0 Å². The second kappa shape index (κ2) is 11.7. The van der Waals surface area contributed by atoms with Gasteiger partial charge in [0.15, 0.2) is 0 Å². The Bertz CT molecular complexity index is 667. The van der Waals surface area contributed by atoms with Gasteiger partial charge >= 0.3 is 0 Å². The van der Waals surface area contributed by atoms with Crippen LogP contribution in [-0.4, -0.2) is 61.5 Å². The summed E-state index contributed by atoms with van der Waals surface area (Å²) in [4.78, 5) is 10.8. The van der Waals surface area contributed by atoms with Gasteiger partial charge in [0.25, 0.3) is 20.2 Å². The molecule has 0 radical (unpaired) electrons. The molecule has 4 N–H and O–H groups in total. The SMILES string of the molecule is C=CC(=O)NC(C)(C)CS(=O)(=O)O.O=S(=O)(O)CCCNC1CCCCC1. The van der Waals surface area contributed by atoms with Crippen LogP contribution >= 0.6 is 0 Å². The van der Waals surface area contributed by atoms with Gasteiger partial charge in [-0.3, -0.25) is 13.9 Å². The van der Waals surface area contributed by atoms with E-state index in [0.717, 1.165) is 6.08 Å². The van der Waals surface area contributed by atoms with E-state index in [-0.39, 0.29) is 5.75 Å². The van der Waals surface area contributed by atoms with Crippen molar-refractivity contribution in [3.63, 3.8) is 0 Å². The summed E-state index contributed by atoms with van der Waals surface area (Å²) in [6, 6.07) is 0.560. The molecular weight excluding hydrogens is 396 g/mol. The van der Waals surface area contributed by atoms with Crippen LogP contribution in [0.3, 0.4) is 0 Å². The van der Waals surface area contributed by atoms with Crippen LogP contribution in [-0.2, 0) is 25.0 Å². The zero-order valence-corrected chi connectivity index (χ0v) is 17.6. The zero-order chi connectivity index (χ0) is 21.1. The smallest absolute Gasteiger partial charge is 0.267 e. The Morgan fingerprint density at radius 3 is 2.11 bits per heavy atom. The van der Waals surface area contributed by atoms with E-state index in [2.05, 4.69) is 17.2 Å². The first-order valence-corrected chi connectivity index (χ1v) is 12.0. The third-order valence-corrected chi connectivity index (χ3v) is 5.70. The van der Waals surface area contributed by atoms with Gasteiger partial charge in [0.05, 0.1) is 17.0 Å². The Hall–Kier alpha value is -1.01. The molecule has 0 spiro atoms. The van der Waals surface area contributed by atoms with Crippen molar-refractivity contribution in [2.75, 3.05) is 18.1 Å². The third-order valence-electron chi connectivity index (χ3n) is 3.81. The number of carbonyl (C=O) groups is 1. The highest BCUT2D eigenvalue weighted by atomic mass is 32.2. The van der Waals surface area contributed by atoms with Gasteiger partial charge in [-0.15, -0.1) is 0 Å². The van der Waals surface area contributed by atoms with Crippen molar-refractivity contribution in [2.45, 2.75) is 64.0 Å². The Labute approximate surface area is 162 Å². The van der Waals surface area contributed by atoms with Gasteiger partial charge in [-0.1, -0.05) is 25.8 Å². The molecule has 9 nitrogen and oxygen atoms in total. The van der Waals surface area contributed by atoms with Crippen LogP contribution in [0.4, 0.5) is 0 Å². The van der Waals surface area contributed by atoms with E-state index >= 15 is 0 Å².